The summed E-state index contributed by atoms with van der Waals surface area (Å²) in [6, 6.07) is 8.20. The van der Waals surface area contributed by atoms with E-state index >= 15 is 0 Å². The van der Waals surface area contributed by atoms with Gasteiger partial charge < -0.3 is 11.1 Å². The molecule has 4 nitrogen and oxygen atoms in total. The summed E-state index contributed by atoms with van der Waals surface area (Å²) >= 11 is 1.68. The molecule has 0 amide bonds. The number of nitrogens with one attached hydrogen (secondary N) is 1. The third kappa shape index (κ3) is 5.62. The predicted molar refractivity (Wildman–Crippen MR) is 102 cm³/mol. The molecule has 0 saturated heterocycles. The van der Waals surface area contributed by atoms with Gasteiger partial charge in [0.05, 0.1) is 6.54 Å². The van der Waals surface area contributed by atoms with Gasteiger partial charge in [-0.05, 0) is 30.5 Å². The van der Waals surface area contributed by atoms with Crippen molar-refractivity contribution in [2.45, 2.75) is 33.2 Å². The maximum absolute atomic E-state index is 5.88. The van der Waals surface area contributed by atoms with E-state index in [4.69, 9.17) is 5.73 Å². The zero-order chi connectivity index (χ0) is 14.4. The van der Waals surface area contributed by atoms with Crippen LogP contribution >= 0.6 is 35.3 Å². The summed E-state index contributed by atoms with van der Waals surface area (Å²) in [4.78, 5) is 9.90. The first-order chi connectivity index (χ1) is 9.71. The van der Waals surface area contributed by atoms with Gasteiger partial charge in [-0.3, -0.25) is 0 Å². The van der Waals surface area contributed by atoms with Crippen LogP contribution < -0.4 is 11.1 Å². The van der Waals surface area contributed by atoms with Crippen LogP contribution in [0, 0.1) is 0 Å². The van der Waals surface area contributed by atoms with Gasteiger partial charge in [0.2, 0.25) is 0 Å². The highest BCUT2D eigenvalue weighted by Crippen LogP contribution is 2.14. The molecule has 0 aliphatic heterocycles. The van der Waals surface area contributed by atoms with Crippen molar-refractivity contribution in [3.8, 4) is 0 Å². The molecule has 0 unspecified atom stereocenters. The van der Waals surface area contributed by atoms with Gasteiger partial charge in [0.25, 0.3) is 0 Å². The lowest BCUT2D eigenvalue weighted by Gasteiger charge is -2.05. The molecule has 0 radical (unpaired) electrons. The Bertz CT molecular complexity index is 578. The number of aryl methyl sites for hydroxylation is 2. The molecule has 0 bridgehead atoms. The number of nitrogens with zero attached hydrogens (tertiary/aromatic N) is 2. The second-order valence-electron chi connectivity index (χ2n) is 4.45. The number of benzene rings is 1. The molecular formula is C15H21IN4S. The van der Waals surface area contributed by atoms with Gasteiger partial charge in [-0.15, -0.1) is 35.3 Å². The summed E-state index contributed by atoms with van der Waals surface area (Å²) in [5, 5.41) is 4.08. The van der Waals surface area contributed by atoms with Crippen molar-refractivity contribution in [1.29, 1.82) is 0 Å². The Labute approximate surface area is 146 Å². The van der Waals surface area contributed by atoms with E-state index in [1.165, 1.54) is 10.4 Å². The fourth-order valence-corrected chi connectivity index (χ4v) is 2.54. The van der Waals surface area contributed by atoms with Crippen LogP contribution in [-0.2, 0) is 19.4 Å². The Morgan fingerprint density at radius 1 is 1.24 bits per heavy atom. The number of thiazole rings is 1. The van der Waals surface area contributed by atoms with Crippen LogP contribution in [0.5, 0.6) is 0 Å². The normalized spacial score (nSPS) is 11.0. The van der Waals surface area contributed by atoms with Crippen molar-refractivity contribution < 1.29 is 0 Å². The summed E-state index contributed by atoms with van der Waals surface area (Å²) in [6.45, 7) is 4.78. The zero-order valence-electron chi connectivity index (χ0n) is 12.3. The quantitative estimate of drug-likeness (QED) is 0.443. The highest BCUT2D eigenvalue weighted by atomic mass is 127. The Morgan fingerprint density at radius 3 is 2.52 bits per heavy atom. The Balaban J connectivity index is 0.00000220. The predicted octanol–water partition coefficient (Wildman–Crippen LogP) is 3.81. The van der Waals surface area contributed by atoms with Crippen LogP contribution in [0.25, 0.3) is 0 Å². The second kappa shape index (κ2) is 8.99. The fourth-order valence-electron chi connectivity index (χ4n) is 1.75. The van der Waals surface area contributed by atoms with Crippen LogP contribution in [0.2, 0.25) is 0 Å². The van der Waals surface area contributed by atoms with Gasteiger partial charge in [-0.2, -0.15) is 0 Å². The molecule has 0 spiro atoms. The van der Waals surface area contributed by atoms with E-state index in [1.807, 2.05) is 18.3 Å². The average Bonchev–Trinajstić information content (AvgIpc) is 2.94. The molecule has 1 aromatic heterocycles. The van der Waals surface area contributed by atoms with Crippen LogP contribution in [-0.4, -0.2) is 10.9 Å². The maximum Gasteiger partial charge on any atom is 0.193 e. The number of hydrogen-bond donors (Lipinski definition) is 2. The minimum absolute atomic E-state index is 0. The van der Waals surface area contributed by atoms with E-state index in [2.05, 4.69) is 41.3 Å². The molecule has 0 atom stereocenters. The largest absolute Gasteiger partial charge is 0.370 e. The molecule has 1 aromatic carbocycles. The fraction of sp³-hybridized carbons (Fsp3) is 0.333. The second-order valence-corrected chi connectivity index (χ2v) is 5.65. The number of nitrogens with two attached hydrogens (primary N) is 1. The summed E-state index contributed by atoms with van der Waals surface area (Å²) in [7, 11) is 0. The van der Waals surface area contributed by atoms with E-state index in [0.717, 1.165) is 23.5 Å². The van der Waals surface area contributed by atoms with Crippen LogP contribution in [0.3, 0.4) is 0 Å². The van der Waals surface area contributed by atoms with Gasteiger partial charge in [-0.1, -0.05) is 26.0 Å². The lowest BCUT2D eigenvalue weighted by molar-refractivity contribution is 1.03. The summed E-state index contributed by atoms with van der Waals surface area (Å²) < 4.78 is 0. The number of aliphatic imine (C=N–C) groups is 1. The average molecular weight is 416 g/mol. The molecule has 6 heteroatoms. The minimum Gasteiger partial charge on any atom is -0.370 e. The van der Waals surface area contributed by atoms with E-state index in [9.17, 15) is 0 Å². The third-order valence-electron chi connectivity index (χ3n) is 2.97. The number of guanidine groups is 1. The van der Waals surface area contributed by atoms with Crippen LogP contribution in [0.4, 0.5) is 5.69 Å². The summed E-state index contributed by atoms with van der Waals surface area (Å²) in [5.41, 5.74) is 8.14. The molecule has 0 fully saturated rings. The Kier molecular flexibility index (Phi) is 7.66. The van der Waals surface area contributed by atoms with E-state index in [-0.39, 0.29) is 24.0 Å². The molecule has 2 rings (SSSR count). The molecule has 2 aromatic rings. The van der Waals surface area contributed by atoms with Crippen molar-refractivity contribution >= 4 is 47.0 Å². The number of anilines is 1. The van der Waals surface area contributed by atoms with E-state index < -0.39 is 0 Å². The lowest BCUT2D eigenvalue weighted by atomic mass is 10.1. The third-order valence-corrected chi connectivity index (χ3v) is 4.10. The highest BCUT2D eigenvalue weighted by Gasteiger charge is 2.00. The minimum atomic E-state index is 0. The molecule has 114 valence electrons. The smallest absolute Gasteiger partial charge is 0.193 e. The van der Waals surface area contributed by atoms with Gasteiger partial charge in [-0.25, -0.2) is 9.98 Å². The SMILES string of the molecule is CCc1ccc(NC(N)=NCc2ncc(CC)s2)cc1.I. The number of hydrogen-bond acceptors (Lipinski definition) is 3. The maximum atomic E-state index is 5.88. The number of rotatable bonds is 5. The highest BCUT2D eigenvalue weighted by molar-refractivity contribution is 14.0. The monoisotopic (exact) mass is 416 g/mol. The Morgan fingerprint density at radius 2 is 1.95 bits per heavy atom. The summed E-state index contributed by atoms with van der Waals surface area (Å²) in [6.07, 6.45) is 3.95. The van der Waals surface area contributed by atoms with Crippen LogP contribution in [0.1, 0.15) is 29.3 Å². The first-order valence-corrected chi connectivity index (χ1v) is 7.62. The van der Waals surface area contributed by atoms with Gasteiger partial charge in [0.15, 0.2) is 5.96 Å². The topological polar surface area (TPSA) is 63.3 Å². The molecule has 1 heterocycles. The molecule has 0 aliphatic rings. The number of aromatic nitrogens is 1. The first-order valence-electron chi connectivity index (χ1n) is 6.80. The molecule has 0 aliphatic carbocycles. The van der Waals surface area contributed by atoms with Gasteiger partial charge in [0.1, 0.15) is 5.01 Å². The molecule has 3 N–H and O–H groups in total. The lowest BCUT2D eigenvalue weighted by Crippen LogP contribution is -2.22. The standard InChI is InChI=1S/C15H20N4S.HI/c1-3-11-5-7-12(8-6-11)19-15(16)18-10-14-17-9-13(4-2)20-14;/h5-9H,3-4,10H2,1-2H3,(H3,16,18,19);1H. The van der Waals surface area contributed by atoms with E-state index in [1.54, 1.807) is 11.3 Å². The Hall–Kier alpha value is -1.15. The van der Waals surface area contributed by atoms with Crippen LogP contribution in [0.15, 0.2) is 35.5 Å². The van der Waals surface area contributed by atoms with Gasteiger partial charge >= 0.3 is 0 Å². The molecular weight excluding hydrogens is 395 g/mol. The first kappa shape index (κ1) is 17.9. The van der Waals surface area contributed by atoms with Crippen molar-refractivity contribution in [1.82, 2.24) is 4.98 Å². The summed E-state index contributed by atoms with van der Waals surface area (Å²) in [5.74, 6) is 0.419. The van der Waals surface area contributed by atoms with Crippen molar-refractivity contribution in [3.05, 3.63) is 45.9 Å². The van der Waals surface area contributed by atoms with Gasteiger partial charge in [0, 0.05) is 16.8 Å². The van der Waals surface area contributed by atoms with Crippen molar-refractivity contribution in [2.75, 3.05) is 5.32 Å². The van der Waals surface area contributed by atoms with Crippen molar-refractivity contribution in [2.24, 2.45) is 10.7 Å². The van der Waals surface area contributed by atoms with Crippen molar-refractivity contribution in [3.63, 3.8) is 0 Å². The molecule has 21 heavy (non-hydrogen) atoms. The van der Waals surface area contributed by atoms with E-state index in [0.29, 0.717) is 12.5 Å². The zero-order valence-corrected chi connectivity index (χ0v) is 15.4. The molecule has 0 saturated carbocycles. The number of halogens is 1.